The predicted octanol–water partition coefficient (Wildman–Crippen LogP) is 2.28. The Labute approximate surface area is 187 Å². The number of fused-ring (bicyclic) bond motifs is 1. The van der Waals surface area contributed by atoms with Gasteiger partial charge in [0.25, 0.3) is 15.9 Å². The van der Waals surface area contributed by atoms with Crippen LogP contribution in [0.2, 0.25) is 0 Å². The number of amides is 1. The topological polar surface area (TPSA) is 150 Å². The Bertz CT molecular complexity index is 1560. The van der Waals surface area contributed by atoms with Gasteiger partial charge in [-0.05, 0) is 66.7 Å². The number of ether oxygens (including phenoxy) is 1. The fourth-order valence-corrected chi connectivity index (χ4v) is 4.11. The average molecular weight is 466 g/mol. The first kappa shape index (κ1) is 21.8. The molecule has 4 N–H and O–H groups in total. The molecule has 10 nitrogen and oxygen atoms in total. The van der Waals surface area contributed by atoms with Gasteiger partial charge in [-0.25, -0.2) is 8.42 Å². The maximum atomic E-state index is 12.6. The Balaban J connectivity index is 1.49. The highest BCUT2D eigenvalue weighted by Crippen LogP contribution is 2.21. The van der Waals surface area contributed by atoms with E-state index >= 15 is 0 Å². The Morgan fingerprint density at radius 2 is 1.42 bits per heavy atom. The number of aromatic nitrogens is 2. The maximum Gasteiger partial charge on any atom is 0.314 e. The molecule has 1 aromatic heterocycles. The number of aromatic amines is 2. The van der Waals surface area contributed by atoms with Crippen LogP contribution in [0.1, 0.15) is 10.4 Å². The number of benzene rings is 3. The first-order valence-corrected chi connectivity index (χ1v) is 11.1. The van der Waals surface area contributed by atoms with Crippen molar-refractivity contribution >= 4 is 38.3 Å². The van der Waals surface area contributed by atoms with Crippen molar-refractivity contribution in [2.45, 2.75) is 4.90 Å². The fraction of sp³-hybridized carbons (Fsp3) is 0.0455. The van der Waals surface area contributed by atoms with E-state index in [1.807, 2.05) is 0 Å². The van der Waals surface area contributed by atoms with Gasteiger partial charge in [0, 0.05) is 16.9 Å². The molecule has 1 heterocycles. The van der Waals surface area contributed by atoms with Crippen LogP contribution in [0, 0.1) is 0 Å². The highest BCUT2D eigenvalue weighted by Gasteiger charge is 2.15. The molecule has 0 bridgehead atoms. The van der Waals surface area contributed by atoms with Gasteiger partial charge in [-0.1, -0.05) is 0 Å². The van der Waals surface area contributed by atoms with Crippen LogP contribution < -0.4 is 25.9 Å². The molecule has 0 spiro atoms. The molecule has 0 saturated heterocycles. The number of hydrogen-bond donors (Lipinski definition) is 4. The normalized spacial score (nSPS) is 11.2. The van der Waals surface area contributed by atoms with E-state index in [0.717, 1.165) is 0 Å². The van der Waals surface area contributed by atoms with E-state index in [4.69, 9.17) is 4.74 Å². The van der Waals surface area contributed by atoms with E-state index in [-0.39, 0.29) is 10.5 Å². The molecule has 0 unspecified atom stereocenters. The van der Waals surface area contributed by atoms with Gasteiger partial charge in [0.05, 0.1) is 23.0 Å². The molecule has 0 radical (unpaired) electrons. The number of rotatable bonds is 6. The molecule has 0 saturated carbocycles. The van der Waals surface area contributed by atoms with Crippen molar-refractivity contribution in [3.63, 3.8) is 0 Å². The zero-order valence-electron chi connectivity index (χ0n) is 17.2. The van der Waals surface area contributed by atoms with Crippen LogP contribution in [-0.4, -0.2) is 31.4 Å². The van der Waals surface area contributed by atoms with E-state index in [2.05, 4.69) is 20.0 Å². The van der Waals surface area contributed by atoms with Crippen LogP contribution >= 0.6 is 0 Å². The number of methoxy groups -OCH3 is 1. The van der Waals surface area contributed by atoms with Crippen LogP contribution in [0.25, 0.3) is 11.0 Å². The van der Waals surface area contributed by atoms with E-state index in [9.17, 15) is 22.8 Å². The third kappa shape index (κ3) is 4.77. The summed E-state index contributed by atoms with van der Waals surface area (Å²) in [6.45, 7) is 0. The molecule has 0 aliphatic rings. The van der Waals surface area contributed by atoms with Crippen LogP contribution in [0.3, 0.4) is 0 Å². The van der Waals surface area contributed by atoms with Gasteiger partial charge in [-0.15, -0.1) is 0 Å². The summed E-state index contributed by atoms with van der Waals surface area (Å²) in [7, 11) is -2.31. The number of nitrogens with one attached hydrogen (secondary N) is 4. The fourth-order valence-electron chi connectivity index (χ4n) is 3.05. The number of hydrogen-bond acceptors (Lipinski definition) is 6. The van der Waals surface area contributed by atoms with Crippen molar-refractivity contribution < 1.29 is 17.9 Å². The lowest BCUT2D eigenvalue weighted by molar-refractivity contribution is 0.102. The van der Waals surface area contributed by atoms with Crippen LogP contribution in [0.15, 0.2) is 81.2 Å². The summed E-state index contributed by atoms with van der Waals surface area (Å²) < 4.78 is 32.7. The van der Waals surface area contributed by atoms with Gasteiger partial charge in [0.15, 0.2) is 0 Å². The second kappa shape index (κ2) is 8.63. The van der Waals surface area contributed by atoms with Crippen molar-refractivity contribution in [2.24, 2.45) is 0 Å². The SMILES string of the molecule is COc1ccc(NS(=O)(=O)c2ccc(NC(=O)c3ccc4[nH]c(=O)c(=O)[nH]c4c3)cc2)cc1. The van der Waals surface area contributed by atoms with E-state index in [1.54, 1.807) is 24.3 Å². The van der Waals surface area contributed by atoms with Gasteiger partial charge < -0.3 is 20.0 Å². The molecule has 3 aromatic carbocycles. The van der Waals surface area contributed by atoms with Gasteiger partial charge in [-0.3, -0.25) is 19.1 Å². The lowest BCUT2D eigenvalue weighted by Gasteiger charge is -2.10. The minimum Gasteiger partial charge on any atom is -0.497 e. The van der Waals surface area contributed by atoms with Crippen molar-refractivity contribution in [1.29, 1.82) is 0 Å². The van der Waals surface area contributed by atoms with Gasteiger partial charge in [0.2, 0.25) is 0 Å². The number of carbonyl (C=O) groups excluding carboxylic acids is 1. The van der Waals surface area contributed by atoms with Crippen LogP contribution in [0.4, 0.5) is 11.4 Å². The lowest BCUT2D eigenvalue weighted by Crippen LogP contribution is -2.29. The standard InChI is InChI=1S/C22H18N4O6S/c1-32-16-7-3-15(4-8-16)26-33(30,31)17-9-5-14(6-10-17)23-20(27)13-2-11-18-19(12-13)25-22(29)21(28)24-18/h2-12,26H,1H3,(H,23,27)(H,24,28)(H,25,29). The number of H-pyrrole nitrogens is 2. The largest absolute Gasteiger partial charge is 0.497 e. The first-order chi connectivity index (χ1) is 15.7. The number of carbonyl (C=O) groups is 1. The first-order valence-electron chi connectivity index (χ1n) is 9.60. The molecular weight excluding hydrogens is 448 g/mol. The molecule has 1 amide bonds. The molecule has 0 atom stereocenters. The third-order valence-electron chi connectivity index (χ3n) is 4.75. The lowest BCUT2D eigenvalue weighted by atomic mass is 10.1. The van der Waals surface area contributed by atoms with Crippen LogP contribution in [0.5, 0.6) is 5.75 Å². The zero-order valence-corrected chi connectivity index (χ0v) is 18.0. The molecule has 0 aliphatic heterocycles. The second-order valence-electron chi connectivity index (χ2n) is 6.98. The van der Waals surface area contributed by atoms with E-state index in [1.165, 1.54) is 49.6 Å². The minimum atomic E-state index is -3.83. The van der Waals surface area contributed by atoms with Gasteiger partial charge in [-0.2, -0.15) is 0 Å². The van der Waals surface area contributed by atoms with Crippen molar-refractivity contribution in [2.75, 3.05) is 17.1 Å². The molecule has 0 aliphatic carbocycles. The summed E-state index contributed by atoms with van der Waals surface area (Å²) in [6, 6.07) is 16.5. The minimum absolute atomic E-state index is 0.0172. The third-order valence-corrected chi connectivity index (χ3v) is 6.15. The highest BCUT2D eigenvalue weighted by atomic mass is 32.2. The molecule has 4 aromatic rings. The molecule has 33 heavy (non-hydrogen) atoms. The second-order valence-corrected chi connectivity index (χ2v) is 8.66. The Morgan fingerprint density at radius 3 is 2.06 bits per heavy atom. The summed E-state index contributed by atoms with van der Waals surface area (Å²) in [5, 5.41) is 2.66. The molecule has 168 valence electrons. The molecule has 0 fully saturated rings. The zero-order chi connectivity index (χ0) is 23.6. The van der Waals surface area contributed by atoms with Crippen molar-refractivity contribution in [3.05, 3.63) is 93.0 Å². The number of anilines is 2. The average Bonchev–Trinajstić information content (AvgIpc) is 2.80. The maximum absolute atomic E-state index is 12.6. The van der Waals surface area contributed by atoms with Gasteiger partial charge >= 0.3 is 11.1 Å². The monoisotopic (exact) mass is 466 g/mol. The summed E-state index contributed by atoms with van der Waals surface area (Å²) in [5.41, 5.74) is 0.0788. The van der Waals surface area contributed by atoms with Gasteiger partial charge in [0.1, 0.15) is 5.75 Å². The summed E-state index contributed by atoms with van der Waals surface area (Å²) >= 11 is 0. The van der Waals surface area contributed by atoms with E-state index < -0.39 is 27.0 Å². The highest BCUT2D eigenvalue weighted by molar-refractivity contribution is 7.92. The summed E-state index contributed by atoms with van der Waals surface area (Å²) in [6.07, 6.45) is 0. The number of sulfonamides is 1. The smallest absolute Gasteiger partial charge is 0.314 e. The Morgan fingerprint density at radius 1 is 0.818 bits per heavy atom. The quantitative estimate of drug-likeness (QED) is 0.320. The Kier molecular flexibility index (Phi) is 5.71. The van der Waals surface area contributed by atoms with Crippen molar-refractivity contribution in [3.8, 4) is 5.75 Å². The van der Waals surface area contributed by atoms with E-state index in [0.29, 0.717) is 28.2 Å². The summed E-state index contributed by atoms with van der Waals surface area (Å²) in [5.74, 6) is 0.125. The molecule has 4 rings (SSSR count). The van der Waals surface area contributed by atoms with Crippen LogP contribution in [-0.2, 0) is 10.0 Å². The molecular formula is C22H18N4O6S. The predicted molar refractivity (Wildman–Crippen MR) is 123 cm³/mol. The van der Waals surface area contributed by atoms with Crippen molar-refractivity contribution in [1.82, 2.24) is 9.97 Å². The Hall–Kier alpha value is -4.38. The molecule has 11 heteroatoms. The summed E-state index contributed by atoms with van der Waals surface area (Å²) in [4.78, 5) is 40.3.